The summed E-state index contributed by atoms with van der Waals surface area (Å²) in [7, 11) is 0. The van der Waals surface area contributed by atoms with Gasteiger partial charge in [0.05, 0.1) is 0 Å². The number of nitrogens with one attached hydrogen (secondary N) is 1. The van der Waals surface area contributed by atoms with E-state index in [1.807, 2.05) is 49.4 Å². The fourth-order valence-corrected chi connectivity index (χ4v) is 2.10. The summed E-state index contributed by atoms with van der Waals surface area (Å²) in [5.41, 5.74) is 14.8. The van der Waals surface area contributed by atoms with Gasteiger partial charge in [-0.2, -0.15) is 0 Å². The maximum Gasteiger partial charge on any atom is 0.248 e. The molecular formula is C16H19N3O. The van der Waals surface area contributed by atoms with E-state index >= 15 is 0 Å². The molecule has 0 bridgehead atoms. The molecule has 1 atom stereocenters. The minimum atomic E-state index is -0.407. The molecular weight excluding hydrogens is 250 g/mol. The highest BCUT2D eigenvalue weighted by Crippen LogP contribution is 2.16. The van der Waals surface area contributed by atoms with Crippen molar-refractivity contribution in [2.75, 3.05) is 11.9 Å². The van der Waals surface area contributed by atoms with Crippen molar-refractivity contribution in [3.63, 3.8) is 0 Å². The standard InChI is InChI=1S/C16H19N3O/c1-11-9-13(7-8-14(11)16(18)20)19-10-15(17)12-5-3-2-4-6-12/h2-9,15,19H,10,17H2,1H3,(H2,18,20). The topological polar surface area (TPSA) is 81.1 Å². The average Bonchev–Trinajstić information content (AvgIpc) is 2.45. The summed E-state index contributed by atoms with van der Waals surface area (Å²) < 4.78 is 0. The Bertz CT molecular complexity index is 596. The van der Waals surface area contributed by atoms with Gasteiger partial charge < -0.3 is 16.8 Å². The number of nitrogens with two attached hydrogens (primary N) is 2. The lowest BCUT2D eigenvalue weighted by molar-refractivity contribution is 0.1000. The Hall–Kier alpha value is -2.33. The summed E-state index contributed by atoms with van der Waals surface area (Å²) >= 11 is 0. The van der Waals surface area contributed by atoms with E-state index < -0.39 is 5.91 Å². The number of rotatable bonds is 5. The molecule has 1 unspecified atom stereocenters. The zero-order chi connectivity index (χ0) is 14.5. The monoisotopic (exact) mass is 269 g/mol. The van der Waals surface area contributed by atoms with Crippen molar-refractivity contribution in [2.45, 2.75) is 13.0 Å². The number of benzene rings is 2. The highest BCUT2D eigenvalue weighted by atomic mass is 16.1. The van der Waals surface area contributed by atoms with Crippen LogP contribution in [0.3, 0.4) is 0 Å². The Morgan fingerprint density at radius 2 is 1.90 bits per heavy atom. The Balaban J connectivity index is 2.01. The number of anilines is 1. The maximum absolute atomic E-state index is 11.2. The van der Waals surface area contributed by atoms with Crippen LogP contribution >= 0.6 is 0 Å². The molecule has 0 aliphatic carbocycles. The van der Waals surface area contributed by atoms with Crippen molar-refractivity contribution in [3.05, 3.63) is 65.2 Å². The zero-order valence-electron chi connectivity index (χ0n) is 11.5. The van der Waals surface area contributed by atoms with Gasteiger partial charge in [-0.15, -0.1) is 0 Å². The van der Waals surface area contributed by atoms with E-state index in [0.717, 1.165) is 16.8 Å². The molecule has 0 heterocycles. The van der Waals surface area contributed by atoms with Gasteiger partial charge >= 0.3 is 0 Å². The molecule has 0 aliphatic rings. The van der Waals surface area contributed by atoms with Crippen molar-refractivity contribution in [1.82, 2.24) is 0 Å². The van der Waals surface area contributed by atoms with Crippen LogP contribution in [0.15, 0.2) is 48.5 Å². The number of carbonyl (C=O) groups is 1. The molecule has 2 rings (SSSR count). The van der Waals surface area contributed by atoms with Gasteiger partial charge in [0.25, 0.3) is 0 Å². The number of carbonyl (C=O) groups excluding carboxylic acids is 1. The summed E-state index contributed by atoms with van der Waals surface area (Å²) in [5.74, 6) is -0.407. The Morgan fingerprint density at radius 1 is 1.20 bits per heavy atom. The third kappa shape index (κ3) is 3.36. The van der Waals surface area contributed by atoms with E-state index in [0.29, 0.717) is 12.1 Å². The van der Waals surface area contributed by atoms with Gasteiger partial charge in [-0.3, -0.25) is 4.79 Å². The fraction of sp³-hybridized carbons (Fsp3) is 0.188. The van der Waals surface area contributed by atoms with Crippen molar-refractivity contribution in [3.8, 4) is 0 Å². The minimum Gasteiger partial charge on any atom is -0.383 e. The van der Waals surface area contributed by atoms with Crippen LogP contribution in [-0.2, 0) is 0 Å². The van der Waals surface area contributed by atoms with Crippen LogP contribution in [0.25, 0.3) is 0 Å². The Kier molecular flexibility index (Phi) is 4.38. The average molecular weight is 269 g/mol. The summed E-state index contributed by atoms with van der Waals surface area (Å²) in [6, 6.07) is 15.3. The van der Waals surface area contributed by atoms with E-state index in [1.165, 1.54) is 0 Å². The summed E-state index contributed by atoms with van der Waals surface area (Å²) in [4.78, 5) is 11.2. The quantitative estimate of drug-likeness (QED) is 0.778. The summed E-state index contributed by atoms with van der Waals surface area (Å²) in [6.07, 6.45) is 0. The molecule has 2 aromatic carbocycles. The predicted molar refractivity (Wildman–Crippen MR) is 81.6 cm³/mol. The predicted octanol–water partition coefficient (Wildman–Crippen LogP) is 2.21. The molecule has 0 saturated carbocycles. The van der Waals surface area contributed by atoms with E-state index in [-0.39, 0.29) is 6.04 Å². The van der Waals surface area contributed by atoms with Crippen LogP contribution in [0, 0.1) is 6.92 Å². The molecule has 20 heavy (non-hydrogen) atoms. The third-order valence-corrected chi connectivity index (χ3v) is 3.25. The lowest BCUT2D eigenvalue weighted by atomic mass is 10.1. The van der Waals surface area contributed by atoms with E-state index in [4.69, 9.17) is 11.5 Å². The number of hydrogen-bond donors (Lipinski definition) is 3. The van der Waals surface area contributed by atoms with Crippen LogP contribution in [0.2, 0.25) is 0 Å². The molecule has 0 fully saturated rings. The molecule has 1 amide bonds. The largest absolute Gasteiger partial charge is 0.383 e. The van der Waals surface area contributed by atoms with Gasteiger partial charge in [-0.25, -0.2) is 0 Å². The highest BCUT2D eigenvalue weighted by molar-refractivity contribution is 5.94. The first kappa shape index (κ1) is 14.1. The van der Waals surface area contributed by atoms with Crippen LogP contribution in [0.4, 0.5) is 5.69 Å². The van der Waals surface area contributed by atoms with Crippen LogP contribution in [-0.4, -0.2) is 12.5 Å². The molecule has 104 valence electrons. The van der Waals surface area contributed by atoms with Gasteiger partial charge in [0.15, 0.2) is 0 Å². The normalized spacial score (nSPS) is 11.9. The molecule has 2 aromatic rings. The first-order valence-electron chi connectivity index (χ1n) is 6.53. The molecule has 0 aromatic heterocycles. The molecule has 0 radical (unpaired) electrons. The third-order valence-electron chi connectivity index (χ3n) is 3.25. The van der Waals surface area contributed by atoms with E-state index in [1.54, 1.807) is 6.07 Å². The maximum atomic E-state index is 11.2. The van der Waals surface area contributed by atoms with Crippen molar-refractivity contribution in [2.24, 2.45) is 11.5 Å². The van der Waals surface area contributed by atoms with E-state index in [2.05, 4.69) is 5.32 Å². The van der Waals surface area contributed by atoms with Gasteiger partial charge in [0, 0.05) is 23.8 Å². The summed E-state index contributed by atoms with van der Waals surface area (Å²) in [6.45, 7) is 2.49. The Labute approximate surface area is 118 Å². The lowest BCUT2D eigenvalue weighted by Crippen LogP contribution is -2.20. The van der Waals surface area contributed by atoms with Gasteiger partial charge in [0.2, 0.25) is 5.91 Å². The number of amides is 1. The minimum absolute atomic E-state index is 0.0766. The molecule has 0 spiro atoms. The van der Waals surface area contributed by atoms with Crippen molar-refractivity contribution in [1.29, 1.82) is 0 Å². The molecule has 0 saturated heterocycles. The van der Waals surface area contributed by atoms with Crippen LogP contribution < -0.4 is 16.8 Å². The second kappa shape index (κ2) is 6.21. The zero-order valence-corrected chi connectivity index (χ0v) is 11.5. The van der Waals surface area contributed by atoms with Gasteiger partial charge in [0.1, 0.15) is 0 Å². The molecule has 4 heteroatoms. The lowest BCUT2D eigenvalue weighted by Gasteiger charge is -2.15. The number of aryl methyl sites for hydroxylation is 1. The number of primary amides is 1. The smallest absolute Gasteiger partial charge is 0.248 e. The van der Waals surface area contributed by atoms with Crippen molar-refractivity contribution < 1.29 is 4.79 Å². The SMILES string of the molecule is Cc1cc(NCC(N)c2ccccc2)ccc1C(N)=O. The molecule has 5 N–H and O–H groups in total. The molecule has 0 aliphatic heterocycles. The van der Waals surface area contributed by atoms with Gasteiger partial charge in [-0.05, 0) is 36.2 Å². The highest BCUT2D eigenvalue weighted by Gasteiger charge is 2.07. The summed E-state index contributed by atoms with van der Waals surface area (Å²) in [5, 5.41) is 3.27. The first-order chi connectivity index (χ1) is 9.58. The van der Waals surface area contributed by atoms with Crippen LogP contribution in [0.5, 0.6) is 0 Å². The number of hydrogen-bond acceptors (Lipinski definition) is 3. The van der Waals surface area contributed by atoms with Crippen LogP contribution in [0.1, 0.15) is 27.5 Å². The second-order valence-corrected chi connectivity index (χ2v) is 4.79. The first-order valence-corrected chi connectivity index (χ1v) is 6.53. The van der Waals surface area contributed by atoms with Gasteiger partial charge in [-0.1, -0.05) is 30.3 Å². The van der Waals surface area contributed by atoms with E-state index in [9.17, 15) is 4.79 Å². The molecule has 4 nitrogen and oxygen atoms in total. The van der Waals surface area contributed by atoms with Crippen molar-refractivity contribution >= 4 is 11.6 Å². The second-order valence-electron chi connectivity index (χ2n) is 4.79. The fourth-order valence-electron chi connectivity index (χ4n) is 2.10. The Morgan fingerprint density at radius 3 is 2.50 bits per heavy atom.